The molecule has 1 fully saturated rings. The molecule has 0 aromatic heterocycles. The fraction of sp³-hybridized carbons (Fsp3) is 0.875. The summed E-state index contributed by atoms with van der Waals surface area (Å²) in [5.74, 6) is 0. The van der Waals surface area contributed by atoms with Crippen LogP contribution in [0.5, 0.6) is 0 Å². The lowest BCUT2D eigenvalue weighted by Crippen LogP contribution is -2.39. The summed E-state index contributed by atoms with van der Waals surface area (Å²) in [4.78, 5) is 1.87. The standard InChI is InChI=1S/C8H16N2OS/c1-10(8(9)12)6-7-4-2-3-5-11-7/h7H,2-6H2,1H3,(H2,9,12). The van der Waals surface area contributed by atoms with Gasteiger partial charge in [0.2, 0.25) is 0 Å². The summed E-state index contributed by atoms with van der Waals surface area (Å²) in [5, 5.41) is 0.448. The lowest BCUT2D eigenvalue weighted by Gasteiger charge is -2.27. The third-order valence-corrected chi connectivity index (χ3v) is 2.44. The van der Waals surface area contributed by atoms with Crippen LogP contribution in [0.4, 0.5) is 0 Å². The first-order chi connectivity index (χ1) is 5.70. The molecule has 12 heavy (non-hydrogen) atoms. The van der Waals surface area contributed by atoms with Crippen molar-refractivity contribution in [1.82, 2.24) is 4.90 Å². The summed E-state index contributed by atoms with van der Waals surface area (Å²) in [7, 11) is 1.90. The first kappa shape index (κ1) is 9.74. The largest absolute Gasteiger partial charge is 0.376 e. The molecule has 0 aromatic rings. The molecule has 0 aliphatic carbocycles. The highest BCUT2D eigenvalue weighted by molar-refractivity contribution is 7.80. The number of nitrogens with two attached hydrogens (primary N) is 1. The van der Waals surface area contributed by atoms with Gasteiger partial charge in [-0.1, -0.05) is 0 Å². The Morgan fingerprint density at radius 2 is 2.42 bits per heavy atom. The molecule has 2 N–H and O–H groups in total. The van der Waals surface area contributed by atoms with E-state index < -0.39 is 0 Å². The molecular weight excluding hydrogens is 172 g/mol. The molecule has 0 bridgehead atoms. The lowest BCUT2D eigenvalue weighted by molar-refractivity contribution is 0.00730. The van der Waals surface area contributed by atoms with Crippen molar-refractivity contribution in [2.75, 3.05) is 20.2 Å². The summed E-state index contributed by atoms with van der Waals surface area (Å²) in [5.41, 5.74) is 5.45. The maximum atomic E-state index is 5.54. The zero-order valence-corrected chi connectivity index (χ0v) is 8.27. The van der Waals surface area contributed by atoms with Crippen LogP contribution >= 0.6 is 12.2 Å². The van der Waals surface area contributed by atoms with Crippen LogP contribution in [0, 0.1) is 0 Å². The topological polar surface area (TPSA) is 38.5 Å². The van der Waals surface area contributed by atoms with Crippen LogP contribution in [0.1, 0.15) is 19.3 Å². The highest BCUT2D eigenvalue weighted by Crippen LogP contribution is 2.13. The molecule has 0 spiro atoms. The second-order valence-electron chi connectivity index (χ2n) is 3.21. The molecule has 1 unspecified atom stereocenters. The fourth-order valence-corrected chi connectivity index (χ4v) is 1.42. The Kier molecular flexibility index (Phi) is 3.75. The predicted octanol–water partition coefficient (Wildman–Crippen LogP) is 0.731. The van der Waals surface area contributed by atoms with Gasteiger partial charge in [0.05, 0.1) is 6.10 Å². The number of hydrogen-bond acceptors (Lipinski definition) is 2. The van der Waals surface area contributed by atoms with E-state index in [4.69, 9.17) is 22.7 Å². The highest BCUT2D eigenvalue weighted by atomic mass is 32.1. The number of hydrogen-bond donors (Lipinski definition) is 1. The van der Waals surface area contributed by atoms with Gasteiger partial charge in [0.15, 0.2) is 5.11 Å². The molecule has 1 aliphatic rings. The molecule has 1 saturated heterocycles. The Morgan fingerprint density at radius 1 is 1.67 bits per heavy atom. The summed E-state index contributed by atoms with van der Waals surface area (Å²) in [6, 6.07) is 0. The van der Waals surface area contributed by atoms with Crippen molar-refractivity contribution < 1.29 is 4.74 Å². The van der Waals surface area contributed by atoms with Gasteiger partial charge in [-0.25, -0.2) is 0 Å². The van der Waals surface area contributed by atoms with E-state index in [2.05, 4.69) is 0 Å². The third-order valence-electron chi connectivity index (χ3n) is 2.13. The van der Waals surface area contributed by atoms with Crippen molar-refractivity contribution in [2.24, 2.45) is 5.73 Å². The third kappa shape index (κ3) is 2.95. The van der Waals surface area contributed by atoms with Gasteiger partial charge in [0, 0.05) is 20.2 Å². The van der Waals surface area contributed by atoms with Crippen LogP contribution in [-0.2, 0) is 4.74 Å². The van der Waals surface area contributed by atoms with E-state index in [-0.39, 0.29) is 0 Å². The van der Waals surface area contributed by atoms with Gasteiger partial charge in [-0.05, 0) is 31.5 Å². The average Bonchev–Trinajstić information content (AvgIpc) is 2.06. The molecule has 0 amide bonds. The van der Waals surface area contributed by atoms with E-state index in [0.29, 0.717) is 11.2 Å². The van der Waals surface area contributed by atoms with Gasteiger partial charge in [0.25, 0.3) is 0 Å². The van der Waals surface area contributed by atoms with Gasteiger partial charge < -0.3 is 15.4 Å². The van der Waals surface area contributed by atoms with Gasteiger partial charge in [-0.15, -0.1) is 0 Å². The van der Waals surface area contributed by atoms with Crippen LogP contribution < -0.4 is 5.73 Å². The minimum atomic E-state index is 0.324. The number of thiocarbonyl (C=S) groups is 1. The quantitative estimate of drug-likeness (QED) is 0.648. The summed E-state index contributed by atoms with van der Waals surface area (Å²) < 4.78 is 5.54. The first-order valence-electron chi connectivity index (χ1n) is 4.32. The SMILES string of the molecule is CN(CC1CCCCO1)C(N)=S. The molecule has 4 heteroatoms. The van der Waals surface area contributed by atoms with Crippen LogP contribution in [0.2, 0.25) is 0 Å². The van der Waals surface area contributed by atoms with Crippen molar-refractivity contribution >= 4 is 17.3 Å². The maximum Gasteiger partial charge on any atom is 0.166 e. The Hall–Kier alpha value is -0.350. The van der Waals surface area contributed by atoms with Crippen LogP contribution in [-0.4, -0.2) is 36.3 Å². The fourth-order valence-electron chi connectivity index (χ4n) is 1.35. The Balaban J connectivity index is 2.24. The Labute approximate surface area is 78.9 Å². The van der Waals surface area contributed by atoms with Gasteiger partial charge in [-0.2, -0.15) is 0 Å². The Morgan fingerprint density at radius 3 is 2.92 bits per heavy atom. The predicted molar refractivity (Wildman–Crippen MR) is 53.0 cm³/mol. The molecule has 1 atom stereocenters. The minimum absolute atomic E-state index is 0.324. The second kappa shape index (κ2) is 4.62. The van der Waals surface area contributed by atoms with E-state index in [1.54, 1.807) is 0 Å². The van der Waals surface area contributed by atoms with Gasteiger partial charge in [0.1, 0.15) is 0 Å². The van der Waals surface area contributed by atoms with Crippen LogP contribution in [0.15, 0.2) is 0 Å². The first-order valence-corrected chi connectivity index (χ1v) is 4.73. The Bertz CT molecular complexity index is 157. The summed E-state index contributed by atoms with van der Waals surface area (Å²) in [6.45, 7) is 1.71. The van der Waals surface area contributed by atoms with E-state index in [9.17, 15) is 0 Å². The molecule has 0 saturated carbocycles. The molecule has 1 rings (SSSR count). The normalized spacial score (nSPS) is 23.6. The minimum Gasteiger partial charge on any atom is -0.376 e. The molecule has 1 heterocycles. The van der Waals surface area contributed by atoms with Crippen molar-refractivity contribution in [3.05, 3.63) is 0 Å². The van der Waals surface area contributed by atoms with Crippen LogP contribution in [0.25, 0.3) is 0 Å². The van der Waals surface area contributed by atoms with Crippen molar-refractivity contribution in [3.63, 3.8) is 0 Å². The molecule has 70 valence electrons. The monoisotopic (exact) mass is 188 g/mol. The van der Waals surface area contributed by atoms with E-state index in [1.807, 2.05) is 11.9 Å². The van der Waals surface area contributed by atoms with Gasteiger partial charge in [-0.3, -0.25) is 0 Å². The smallest absolute Gasteiger partial charge is 0.166 e. The highest BCUT2D eigenvalue weighted by Gasteiger charge is 2.15. The van der Waals surface area contributed by atoms with Gasteiger partial charge >= 0.3 is 0 Å². The van der Waals surface area contributed by atoms with Crippen molar-refractivity contribution in [2.45, 2.75) is 25.4 Å². The number of rotatable bonds is 2. The zero-order chi connectivity index (χ0) is 8.97. The summed E-state index contributed by atoms with van der Waals surface area (Å²) >= 11 is 4.83. The maximum absolute atomic E-state index is 5.54. The number of likely N-dealkylation sites (N-methyl/N-ethyl adjacent to an activating group) is 1. The molecule has 0 aromatic carbocycles. The molecule has 3 nitrogen and oxygen atoms in total. The summed E-state index contributed by atoms with van der Waals surface area (Å²) in [6.07, 6.45) is 3.90. The van der Waals surface area contributed by atoms with Crippen LogP contribution in [0.3, 0.4) is 0 Å². The number of ether oxygens (including phenoxy) is 1. The second-order valence-corrected chi connectivity index (χ2v) is 3.63. The van der Waals surface area contributed by atoms with Crippen molar-refractivity contribution in [3.8, 4) is 0 Å². The molecule has 1 aliphatic heterocycles. The average molecular weight is 188 g/mol. The molecule has 0 radical (unpaired) electrons. The van der Waals surface area contributed by atoms with E-state index in [0.717, 1.165) is 19.6 Å². The number of nitrogens with zero attached hydrogens (tertiary/aromatic N) is 1. The lowest BCUT2D eigenvalue weighted by atomic mass is 10.1. The molecular formula is C8H16N2OS. The van der Waals surface area contributed by atoms with E-state index >= 15 is 0 Å². The zero-order valence-electron chi connectivity index (χ0n) is 7.45. The van der Waals surface area contributed by atoms with E-state index in [1.165, 1.54) is 12.8 Å². The van der Waals surface area contributed by atoms with Crippen molar-refractivity contribution in [1.29, 1.82) is 0 Å².